The minimum Gasteiger partial charge on any atom is -0.343 e. The molecular formula is C12H9F2N3O2S. The Morgan fingerprint density at radius 2 is 2.15 bits per heavy atom. The van der Waals surface area contributed by atoms with Gasteiger partial charge in [0.1, 0.15) is 16.3 Å². The highest BCUT2D eigenvalue weighted by Crippen LogP contribution is 2.29. The van der Waals surface area contributed by atoms with Gasteiger partial charge in [-0.1, -0.05) is 19.1 Å². The average Bonchev–Trinajstić information content (AvgIpc) is 2.37. The third-order valence-corrected chi connectivity index (χ3v) is 2.89. The predicted molar refractivity (Wildman–Crippen MR) is 70.8 cm³/mol. The number of hydrogen-bond donors (Lipinski definition) is 1. The van der Waals surface area contributed by atoms with E-state index in [0.717, 1.165) is 12.1 Å². The summed E-state index contributed by atoms with van der Waals surface area (Å²) in [6.45, 7) is 1.82. The number of hydrogen-bond acceptors (Lipinski definition) is 4. The van der Waals surface area contributed by atoms with E-state index < -0.39 is 27.8 Å². The lowest BCUT2D eigenvalue weighted by molar-refractivity contribution is -0.387. The zero-order valence-corrected chi connectivity index (χ0v) is 11.1. The maximum absolute atomic E-state index is 14.1. The van der Waals surface area contributed by atoms with E-state index in [-0.39, 0.29) is 10.5 Å². The summed E-state index contributed by atoms with van der Waals surface area (Å²) in [6.07, 6.45) is 0.553. The Kier molecular flexibility index (Phi) is 3.84. The number of aryl methyl sites for hydroxylation is 1. The van der Waals surface area contributed by atoms with Crippen LogP contribution in [-0.4, -0.2) is 14.9 Å². The van der Waals surface area contributed by atoms with E-state index >= 15 is 0 Å². The Morgan fingerprint density at radius 3 is 2.75 bits per heavy atom. The molecule has 1 aromatic heterocycles. The second kappa shape index (κ2) is 5.41. The summed E-state index contributed by atoms with van der Waals surface area (Å²) in [5, 5.41) is 10.7. The number of benzene rings is 1. The molecule has 0 unspecified atom stereocenters. The number of halogens is 2. The largest absolute Gasteiger partial charge is 0.343 e. The van der Waals surface area contributed by atoms with Crippen LogP contribution in [-0.2, 0) is 6.42 Å². The van der Waals surface area contributed by atoms with Crippen molar-refractivity contribution in [1.29, 1.82) is 0 Å². The highest BCUT2D eigenvalue weighted by molar-refractivity contribution is 7.71. The van der Waals surface area contributed by atoms with E-state index in [1.165, 1.54) is 0 Å². The first-order chi connectivity index (χ1) is 9.43. The summed E-state index contributed by atoms with van der Waals surface area (Å²) in [4.78, 5) is 16.3. The number of nitrogens with one attached hydrogen (secondary N) is 1. The van der Waals surface area contributed by atoms with Crippen molar-refractivity contribution in [2.75, 3.05) is 0 Å². The number of H-pyrrole nitrogens is 1. The highest BCUT2D eigenvalue weighted by Gasteiger charge is 2.24. The summed E-state index contributed by atoms with van der Waals surface area (Å²) < 4.78 is 28.0. The first-order valence-corrected chi connectivity index (χ1v) is 6.07. The zero-order valence-electron chi connectivity index (χ0n) is 10.3. The van der Waals surface area contributed by atoms with Crippen LogP contribution in [0.25, 0.3) is 11.4 Å². The van der Waals surface area contributed by atoms with Gasteiger partial charge in [0.15, 0.2) is 0 Å². The van der Waals surface area contributed by atoms with Gasteiger partial charge >= 0.3 is 5.69 Å². The van der Waals surface area contributed by atoms with Crippen molar-refractivity contribution in [1.82, 2.24) is 9.97 Å². The summed E-state index contributed by atoms with van der Waals surface area (Å²) >= 11 is 4.91. The molecule has 1 aromatic carbocycles. The van der Waals surface area contributed by atoms with Crippen molar-refractivity contribution >= 4 is 17.9 Å². The van der Waals surface area contributed by atoms with Crippen LogP contribution >= 0.6 is 12.2 Å². The number of aromatic amines is 1. The van der Waals surface area contributed by atoms with Crippen molar-refractivity contribution in [3.63, 3.8) is 0 Å². The van der Waals surface area contributed by atoms with Gasteiger partial charge in [-0.2, -0.15) is 4.39 Å². The lowest BCUT2D eigenvalue weighted by Gasteiger charge is -2.07. The fourth-order valence-corrected chi connectivity index (χ4v) is 1.95. The Morgan fingerprint density at radius 1 is 1.45 bits per heavy atom. The maximum atomic E-state index is 14.1. The Bertz CT molecular complexity index is 746. The predicted octanol–water partition coefficient (Wildman–Crippen LogP) is 3.55. The van der Waals surface area contributed by atoms with Gasteiger partial charge in [0.2, 0.25) is 5.82 Å². The smallest absolute Gasteiger partial charge is 0.305 e. The van der Waals surface area contributed by atoms with Gasteiger partial charge in [-0.05, 0) is 18.6 Å². The minimum atomic E-state index is -1.28. The third-order valence-electron chi connectivity index (χ3n) is 2.68. The molecule has 2 aromatic rings. The molecule has 5 nitrogen and oxygen atoms in total. The molecule has 0 aliphatic heterocycles. The molecule has 0 radical (unpaired) electrons. The molecule has 0 atom stereocenters. The SMILES string of the molecule is CCc1cc(=S)nc(-c2c(F)ccc([N+](=O)[O-])c2F)[nH]1. The van der Waals surface area contributed by atoms with Gasteiger partial charge in [-0.15, -0.1) is 0 Å². The van der Waals surface area contributed by atoms with Crippen LogP contribution in [0.5, 0.6) is 0 Å². The van der Waals surface area contributed by atoms with E-state index in [1.807, 2.05) is 6.92 Å². The van der Waals surface area contributed by atoms with Crippen molar-refractivity contribution < 1.29 is 13.7 Å². The van der Waals surface area contributed by atoms with E-state index in [1.54, 1.807) is 6.07 Å². The van der Waals surface area contributed by atoms with E-state index in [2.05, 4.69) is 9.97 Å². The van der Waals surface area contributed by atoms with Gasteiger partial charge in [0.05, 0.1) is 10.5 Å². The lowest BCUT2D eigenvalue weighted by atomic mass is 10.1. The second-order valence-corrected chi connectivity index (χ2v) is 4.38. The van der Waals surface area contributed by atoms with Gasteiger partial charge < -0.3 is 4.98 Å². The molecule has 0 aliphatic rings. The third kappa shape index (κ3) is 2.55. The number of aromatic nitrogens is 2. The molecule has 0 aliphatic carbocycles. The normalized spacial score (nSPS) is 10.6. The van der Waals surface area contributed by atoms with Crippen LogP contribution in [0.1, 0.15) is 12.6 Å². The van der Waals surface area contributed by atoms with Gasteiger partial charge in [0, 0.05) is 11.8 Å². The average molecular weight is 297 g/mol. The summed E-state index contributed by atoms with van der Waals surface area (Å²) in [6, 6.07) is 3.16. The molecule has 1 heterocycles. The van der Waals surface area contributed by atoms with Crippen LogP contribution in [0.4, 0.5) is 14.5 Å². The molecule has 2 rings (SSSR count). The zero-order chi connectivity index (χ0) is 14.9. The van der Waals surface area contributed by atoms with E-state index in [4.69, 9.17) is 12.2 Å². The van der Waals surface area contributed by atoms with Gasteiger partial charge in [0.25, 0.3) is 0 Å². The number of rotatable bonds is 3. The van der Waals surface area contributed by atoms with Crippen LogP contribution in [0, 0.1) is 26.4 Å². The van der Waals surface area contributed by atoms with Crippen molar-refractivity contribution in [3.05, 3.63) is 50.3 Å². The second-order valence-electron chi connectivity index (χ2n) is 3.96. The molecule has 0 saturated heterocycles. The molecule has 0 amide bonds. The van der Waals surface area contributed by atoms with Crippen LogP contribution < -0.4 is 0 Å². The monoisotopic (exact) mass is 297 g/mol. The summed E-state index contributed by atoms with van der Waals surface area (Å²) in [5.41, 5.74) is -0.768. The summed E-state index contributed by atoms with van der Waals surface area (Å²) in [7, 11) is 0. The minimum absolute atomic E-state index is 0.154. The first-order valence-electron chi connectivity index (χ1n) is 5.67. The molecule has 0 spiro atoms. The van der Waals surface area contributed by atoms with E-state index in [0.29, 0.717) is 12.1 Å². The molecule has 0 fully saturated rings. The molecule has 1 N–H and O–H groups in total. The van der Waals surface area contributed by atoms with Crippen molar-refractivity contribution in [2.45, 2.75) is 13.3 Å². The quantitative estimate of drug-likeness (QED) is 0.534. The molecule has 8 heteroatoms. The molecule has 104 valence electrons. The van der Waals surface area contributed by atoms with Crippen molar-refractivity contribution in [2.24, 2.45) is 0 Å². The summed E-state index contributed by atoms with van der Waals surface area (Å²) in [5.74, 6) is -2.38. The number of nitro benzene ring substituents is 1. The Labute approximate surface area is 117 Å². The Balaban J connectivity index is 2.75. The topological polar surface area (TPSA) is 71.8 Å². The van der Waals surface area contributed by atoms with Crippen LogP contribution in [0.15, 0.2) is 18.2 Å². The standard InChI is InChI=1S/C12H9F2N3O2S/c1-2-6-5-9(20)16-12(15-6)10-7(13)3-4-8(11(10)14)17(18)19/h3-5H,2H2,1H3,(H,15,16,20). The van der Waals surface area contributed by atoms with Crippen molar-refractivity contribution in [3.8, 4) is 11.4 Å². The fourth-order valence-electron chi connectivity index (χ4n) is 1.72. The van der Waals surface area contributed by atoms with Crippen LogP contribution in [0.2, 0.25) is 0 Å². The highest BCUT2D eigenvalue weighted by atomic mass is 32.1. The fraction of sp³-hybridized carbons (Fsp3) is 0.167. The van der Waals surface area contributed by atoms with Gasteiger partial charge in [-0.25, -0.2) is 9.37 Å². The van der Waals surface area contributed by atoms with Crippen LogP contribution in [0.3, 0.4) is 0 Å². The first kappa shape index (κ1) is 14.2. The number of nitrogens with zero attached hydrogens (tertiary/aromatic N) is 2. The lowest BCUT2D eigenvalue weighted by Crippen LogP contribution is -2.02. The molecule has 20 heavy (non-hydrogen) atoms. The van der Waals surface area contributed by atoms with Gasteiger partial charge in [-0.3, -0.25) is 10.1 Å². The van der Waals surface area contributed by atoms with E-state index in [9.17, 15) is 18.9 Å². The molecule has 0 saturated carbocycles. The molecule has 0 bridgehead atoms. The maximum Gasteiger partial charge on any atom is 0.305 e. The Hall–Kier alpha value is -2.22. The number of nitro groups is 1. The molecular weight excluding hydrogens is 288 g/mol.